The second-order valence-corrected chi connectivity index (χ2v) is 10.3. The Morgan fingerprint density at radius 2 is 1.79 bits per heavy atom. The SMILES string of the molecule is COc1cccc(N2C(=O)C3C(Cc4c[nH]c5ccccc45)NC4(C(=O)Nc5c(C)cccc54)C3C2=O)c1. The predicted octanol–water partition coefficient (Wildman–Crippen LogP) is 3.65. The Morgan fingerprint density at radius 3 is 2.63 bits per heavy atom. The molecule has 4 aromatic rings. The standard InChI is InChI=1S/C30H26N4O4/c1-16-7-5-11-21-26(16)32-29(37)30(21)25-24(23(33-30)13-17-15-31-22-12-4-3-10-20(17)22)27(35)34(28(25)36)18-8-6-9-19(14-18)38-2/h3-12,14-15,23-25,31,33H,13H2,1-2H3,(H,32,37). The summed E-state index contributed by atoms with van der Waals surface area (Å²) in [5, 5.41) is 7.62. The summed E-state index contributed by atoms with van der Waals surface area (Å²) in [6.07, 6.45) is 2.42. The minimum absolute atomic E-state index is 0.299. The molecule has 8 nitrogen and oxygen atoms in total. The Kier molecular flexibility index (Phi) is 4.81. The van der Waals surface area contributed by atoms with Crippen LogP contribution in [0.5, 0.6) is 5.75 Å². The lowest BCUT2D eigenvalue weighted by Crippen LogP contribution is -2.53. The van der Waals surface area contributed by atoms with Crippen LogP contribution < -0.4 is 20.3 Å². The van der Waals surface area contributed by atoms with Gasteiger partial charge in [0.1, 0.15) is 11.3 Å². The number of nitrogens with zero attached hydrogens (tertiary/aromatic N) is 1. The largest absolute Gasteiger partial charge is 0.497 e. The molecule has 8 heteroatoms. The van der Waals surface area contributed by atoms with Gasteiger partial charge >= 0.3 is 0 Å². The van der Waals surface area contributed by atoms with Gasteiger partial charge in [-0.05, 0) is 42.7 Å². The molecule has 0 bridgehead atoms. The van der Waals surface area contributed by atoms with Crippen molar-refractivity contribution in [3.05, 3.63) is 89.6 Å². The number of imide groups is 1. The van der Waals surface area contributed by atoms with E-state index in [-0.39, 0.29) is 17.7 Å². The van der Waals surface area contributed by atoms with Crippen LogP contribution in [0.25, 0.3) is 10.9 Å². The van der Waals surface area contributed by atoms with Gasteiger partial charge in [-0.1, -0.05) is 42.5 Å². The van der Waals surface area contributed by atoms with Crippen molar-refractivity contribution in [2.45, 2.75) is 24.9 Å². The molecule has 0 radical (unpaired) electrons. The van der Waals surface area contributed by atoms with Gasteiger partial charge in [-0.25, -0.2) is 4.90 Å². The van der Waals surface area contributed by atoms with E-state index in [2.05, 4.69) is 15.6 Å². The lowest BCUT2D eigenvalue weighted by molar-refractivity contribution is -0.130. The molecule has 0 aliphatic carbocycles. The molecular formula is C30H26N4O4. The molecule has 1 aromatic heterocycles. The average molecular weight is 507 g/mol. The molecule has 7 rings (SSSR count). The lowest BCUT2D eigenvalue weighted by Gasteiger charge is -2.29. The summed E-state index contributed by atoms with van der Waals surface area (Å²) in [7, 11) is 1.54. The lowest BCUT2D eigenvalue weighted by atomic mass is 9.76. The smallest absolute Gasteiger partial charge is 0.250 e. The zero-order valence-corrected chi connectivity index (χ0v) is 20.9. The Hall–Kier alpha value is -4.43. The number of aromatic nitrogens is 1. The van der Waals surface area contributed by atoms with Gasteiger partial charge in [0.15, 0.2) is 0 Å². The number of carbonyl (C=O) groups excluding carboxylic acids is 3. The van der Waals surface area contributed by atoms with Gasteiger partial charge in [0.2, 0.25) is 17.7 Å². The van der Waals surface area contributed by atoms with E-state index in [1.807, 2.05) is 55.6 Å². The van der Waals surface area contributed by atoms with Crippen molar-refractivity contribution in [1.82, 2.24) is 10.3 Å². The molecule has 38 heavy (non-hydrogen) atoms. The van der Waals surface area contributed by atoms with Gasteiger partial charge in [0.25, 0.3) is 0 Å². The van der Waals surface area contributed by atoms with Gasteiger partial charge < -0.3 is 15.0 Å². The first-order valence-electron chi connectivity index (χ1n) is 12.7. The van der Waals surface area contributed by atoms with Crippen molar-refractivity contribution in [2.75, 3.05) is 17.3 Å². The average Bonchev–Trinajstić information content (AvgIpc) is 3.64. The number of H-pyrrole nitrogens is 1. The van der Waals surface area contributed by atoms with Gasteiger partial charge in [-0.15, -0.1) is 0 Å². The van der Waals surface area contributed by atoms with E-state index < -0.39 is 23.4 Å². The highest BCUT2D eigenvalue weighted by atomic mass is 16.5. The second kappa shape index (κ2) is 8.03. The highest BCUT2D eigenvalue weighted by molar-refractivity contribution is 6.26. The molecule has 3 amide bonds. The maximum absolute atomic E-state index is 14.2. The molecule has 0 saturated carbocycles. The fraction of sp³-hybridized carbons (Fsp3) is 0.233. The molecule has 3 N–H and O–H groups in total. The van der Waals surface area contributed by atoms with Crippen LogP contribution in [0.2, 0.25) is 0 Å². The van der Waals surface area contributed by atoms with Crippen molar-refractivity contribution in [2.24, 2.45) is 11.8 Å². The number of fused-ring (bicyclic) bond motifs is 5. The fourth-order valence-corrected chi connectivity index (χ4v) is 6.69. The van der Waals surface area contributed by atoms with Crippen LogP contribution in [0.1, 0.15) is 16.7 Å². The molecule has 1 spiro atoms. The molecule has 4 unspecified atom stereocenters. The normalized spacial score (nSPS) is 25.8. The number of ether oxygens (including phenoxy) is 1. The van der Waals surface area contributed by atoms with Crippen molar-refractivity contribution in [3.8, 4) is 5.75 Å². The monoisotopic (exact) mass is 506 g/mol. The van der Waals surface area contributed by atoms with Crippen LogP contribution >= 0.6 is 0 Å². The molecule has 2 saturated heterocycles. The second-order valence-electron chi connectivity index (χ2n) is 10.3. The summed E-state index contributed by atoms with van der Waals surface area (Å²) in [4.78, 5) is 46.7. The Bertz CT molecular complexity index is 1660. The van der Waals surface area contributed by atoms with Crippen molar-refractivity contribution in [3.63, 3.8) is 0 Å². The summed E-state index contributed by atoms with van der Waals surface area (Å²) in [5.74, 6) is -2.06. The number of para-hydroxylation sites is 2. The van der Waals surface area contributed by atoms with E-state index in [0.717, 1.165) is 22.0 Å². The number of methoxy groups -OCH3 is 1. The molecule has 4 atom stereocenters. The third-order valence-electron chi connectivity index (χ3n) is 8.38. The van der Waals surface area contributed by atoms with E-state index in [1.165, 1.54) is 4.90 Å². The zero-order valence-electron chi connectivity index (χ0n) is 20.9. The third-order valence-corrected chi connectivity index (χ3v) is 8.38. The van der Waals surface area contributed by atoms with Gasteiger partial charge in [-0.3, -0.25) is 19.7 Å². The van der Waals surface area contributed by atoms with Gasteiger partial charge in [0, 0.05) is 40.5 Å². The Morgan fingerprint density at radius 1 is 0.974 bits per heavy atom. The fourth-order valence-electron chi connectivity index (χ4n) is 6.69. The van der Waals surface area contributed by atoms with Crippen LogP contribution in [-0.2, 0) is 26.3 Å². The van der Waals surface area contributed by atoms with E-state index in [9.17, 15) is 14.4 Å². The number of nitrogens with one attached hydrogen (secondary N) is 3. The first-order valence-corrected chi connectivity index (χ1v) is 12.7. The molecule has 3 aliphatic rings. The number of anilines is 2. The quantitative estimate of drug-likeness (QED) is 0.367. The third kappa shape index (κ3) is 2.92. The molecule has 3 aromatic carbocycles. The van der Waals surface area contributed by atoms with E-state index >= 15 is 0 Å². The van der Waals surface area contributed by atoms with Crippen molar-refractivity contribution >= 4 is 40.0 Å². The molecule has 2 fully saturated rings. The number of aromatic amines is 1. The molecular weight excluding hydrogens is 480 g/mol. The number of benzene rings is 3. The van der Waals surface area contributed by atoms with Crippen molar-refractivity contribution < 1.29 is 19.1 Å². The summed E-state index contributed by atoms with van der Waals surface area (Å²) in [5.41, 5.74) is 3.45. The van der Waals surface area contributed by atoms with Crippen LogP contribution in [0, 0.1) is 18.8 Å². The van der Waals surface area contributed by atoms with E-state index in [4.69, 9.17) is 4.74 Å². The summed E-state index contributed by atoms with van der Waals surface area (Å²) in [6, 6.07) is 20.2. The number of hydrogen-bond donors (Lipinski definition) is 3. The maximum atomic E-state index is 14.2. The summed E-state index contributed by atoms with van der Waals surface area (Å²) >= 11 is 0. The predicted molar refractivity (Wildman–Crippen MR) is 143 cm³/mol. The van der Waals surface area contributed by atoms with Crippen LogP contribution in [-0.4, -0.2) is 35.9 Å². The van der Waals surface area contributed by atoms with Crippen LogP contribution in [0.3, 0.4) is 0 Å². The molecule has 4 heterocycles. The van der Waals surface area contributed by atoms with Gasteiger partial charge in [-0.2, -0.15) is 0 Å². The Balaban J connectivity index is 1.38. The number of hydrogen-bond acceptors (Lipinski definition) is 5. The molecule has 3 aliphatic heterocycles. The molecule has 190 valence electrons. The zero-order chi connectivity index (χ0) is 26.2. The van der Waals surface area contributed by atoms with Crippen molar-refractivity contribution in [1.29, 1.82) is 0 Å². The highest BCUT2D eigenvalue weighted by Crippen LogP contribution is 2.54. The minimum Gasteiger partial charge on any atom is -0.497 e. The Labute approximate surface area is 219 Å². The van der Waals surface area contributed by atoms with E-state index in [1.54, 1.807) is 31.4 Å². The van der Waals surface area contributed by atoms with E-state index in [0.29, 0.717) is 29.1 Å². The van der Waals surface area contributed by atoms with Crippen LogP contribution in [0.15, 0.2) is 72.9 Å². The first kappa shape index (κ1) is 22.7. The topological polar surface area (TPSA) is 104 Å². The number of aryl methyl sites for hydroxylation is 1. The maximum Gasteiger partial charge on any atom is 0.250 e. The number of rotatable bonds is 4. The first-order chi connectivity index (χ1) is 18.4. The number of carbonyl (C=O) groups is 3. The highest BCUT2D eigenvalue weighted by Gasteiger charge is 2.70. The minimum atomic E-state index is -1.34. The summed E-state index contributed by atoms with van der Waals surface area (Å²) < 4.78 is 5.35. The number of amides is 3. The van der Waals surface area contributed by atoms with Crippen LogP contribution in [0.4, 0.5) is 11.4 Å². The summed E-state index contributed by atoms with van der Waals surface area (Å²) in [6.45, 7) is 1.93. The van der Waals surface area contributed by atoms with Gasteiger partial charge in [0.05, 0.1) is 24.6 Å².